The fourth-order valence-corrected chi connectivity index (χ4v) is 2.75. The van der Waals surface area contributed by atoms with Crippen molar-refractivity contribution < 1.29 is 5.11 Å². The third-order valence-electron chi connectivity index (χ3n) is 4.07. The SMILES string of the molecule is CCN(CC)c1ccc(/C=N/n2c(C3CC3)n[nH]c2=S)c(O)c1. The number of H-pyrrole nitrogens is 1. The lowest BCUT2D eigenvalue weighted by molar-refractivity contribution is 0.474. The van der Waals surface area contributed by atoms with Gasteiger partial charge < -0.3 is 10.0 Å². The van der Waals surface area contributed by atoms with Crippen LogP contribution in [0.25, 0.3) is 0 Å². The number of nitrogens with one attached hydrogen (secondary N) is 1. The number of phenols is 1. The summed E-state index contributed by atoms with van der Waals surface area (Å²) in [5.41, 5.74) is 1.66. The molecule has 1 aromatic carbocycles. The Labute approximate surface area is 140 Å². The van der Waals surface area contributed by atoms with E-state index in [4.69, 9.17) is 12.2 Å². The van der Waals surface area contributed by atoms with Gasteiger partial charge >= 0.3 is 0 Å². The van der Waals surface area contributed by atoms with E-state index in [2.05, 4.69) is 34.0 Å². The molecule has 122 valence electrons. The van der Waals surface area contributed by atoms with Crippen molar-refractivity contribution in [3.8, 4) is 5.75 Å². The number of phenolic OH excluding ortho intramolecular Hbond substituents is 1. The average Bonchev–Trinajstić information content (AvgIpc) is 3.32. The van der Waals surface area contributed by atoms with Crippen LogP contribution >= 0.6 is 12.2 Å². The summed E-state index contributed by atoms with van der Waals surface area (Å²) in [5, 5.41) is 21.7. The highest BCUT2D eigenvalue weighted by atomic mass is 32.1. The highest BCUT2D eigenvalue weighted by Crippen LogP contribution is 2.38. The van der Waals surface area contributed by atoms with Crippen molar-refractivity contribution in [2.24, 2.45) is 5.10 Å². The van der Waals surface area contributed by atoms with Crippen molar-refractivity contribution in [1.82, 2.24) is 14.9 Å². The number of aromatic hydroxyl groups is 1. The Bertz CT molecular complexity index is 771. The molecule has 6 nitrogen and oxygen atoms in total. The van der Waals surface area contributed by atoms with E-state index in [-0.39, 0.29) is 5.75 Å². The molecule has 0 unspecified atom stereocenters. The number of aromatic nitrogens is 3. The van der Waals surface area contributed by atoms with Gasteiger partial charge in [-0.15, -0.1) is 0 Å². The quantitative estimate of drug-likeness (QED) is 0.630. The number of anilines is 1. The van der Waals surface area contributed by atoms with Crippen molar-refractivity contribution >= 4 is 24.1 Å². The Hall–Kier alpha value is -2.15. The lowest BCUT2D eigenvalue weighted by Gasteiger charge is -2.21. The van der Waals surface area contributed by atoms with Crippen molar-refractivity contribution in [3.63, 3.8) is 0 Å². The van der Waals surface area contributed by atoms with Crippen LogP contribution in [0, 0.1) is 4.77 Å². The van der Waals surface area contributed by atoms with Gasteiger partial charge in [-0.1, -0.05) is 0 Å². The summed E-state index contributed by atoms with van der Waals surface area (Å²) in [6.45, 7) is 5.99. The van der Waals surface area contributed by atoms with E-state index in [1.807, 2.05) is 12.1 Å². The van der Waals surface area contributed by atoms with E-state index in [0.29, 0.717) is 16.3 Å². The minimum atomic E-state index is 0.209. The fourth-order valence-electron chi connectivity index (χ4n) is 2.57. The Balaban J connectivity index is 1.86. The third-order valence-corrected chi connectivity index (χ3v) is 4.34. The molecule has 1 saturated carbocycles. The molecule has 0 bridgehead atoms. The first kappa shape index (κ1) is 15.7. The molecule has 0 saturated heterocycles. The minimum absolute atomic E-state index is 0.209. The van der Waals surface area contributed by atoms with E-state index >= 15 is 0 Å². The van der Waals surface area contributed by atoms with Crippen LogP contribution in [-0.4, -0.2) is 39.3 Å². The predicted molar refractivity (Wildman–Crippen MR) is 94.0 cm³/mol. The van der Waals surface area contributed by atoms with Gasteiger partial charge in [0.15, 0.2) is 5.82 Å². The summed E-state index contributed by atoms with van der Waals surface area (Å²) in [7, 11) is 0. The first-order valence-corrected chi connectivity index (χ1v) is 8.34. The maximum atomic E-state index is 10.2. The standard InChI is InChI=1S/C16H21N5OS/c1-3-20(4-2)13-8-7-12(14(22)9-13)10-17-21-15(11-5-6-11)18-19-16(21)23/h7-11,22H,3-6H2,1-2H3,(H,19,23)/b17-10+. The van der Waals surface area contributed by atoms with Crippen LogP contribution in [0.1, 0.15) is 44.0 Å². The van der Waals surface area contributed by atoms with Crippen molar-refractivity contribution in [1.29, 1.82) is 0 Å². The third kappa shape index (κ3) is 3.29. The summed E-state index contributed by atoms with van der Waals surface area (Å²) < 4.78 is 2.12. The molecule has 1 aromatic heterocycles. The van der Waals surface area contributed by atoms with Crippen LogP contribution in [0.2, 0.25) is 0 Å². The smallest absolute Gasteiger partial charge is 0.216 e. The molecule has 1 fully saturated rings. The second-order valence-electron chi connectivity index (χ2n) is 5.63. The second-order valence-corrected chi connectivity index (χ2v) is 6.02. The second kappa shape index (κ2) is 6.54. The molecular formula is C16H21N5OS. The molecule has 1 aliphatic rings. The largest absolute Gasteiger partial charge is 0.507 e. The normalized spacial score (nSPS) is 14.5. The molecule has 0 aliphatic heterocycles. The topological polar surface area (TPSA) is 69.4 Å². The molecule has 0 atom stereocenters. The molecule has 7 heteroatoms. The van der Waals surface area contributed by atoms with Gasteiger partial charge in [-0.3, -0.25) is 5.10 Å². The highest BCUT2D eigenvalue weighted by Gasteiger charge is 2.29. The average molecular weight is 331 g/mol. The van der Waals surface area contributed by atoms with Gasteiger partial charge in [0, 0.05) is 36.3 Å². The van der Waals surface area contributed by atoms with E-state index in [9.17, 15) is 5.11 Å². The number of rotatable bonds is 6. The molecule has 0 spiro atoms. The minimum Gasteiger partial charge on any atom is -0.507 e. The molecule has 23 heavy (non-hydrogen) atoms. The molecule has 2 N–H and O–H groups in total. The van der Waals surface area contributed by atoms with Crippen molar-refractivity contribution in [2.45, 2.75) is 32.6 Å². The molecule has 3 rings (SSSR count). The van der Waals surface area contributed by atoms with Crippen molar-refractivity contribution in [3.05, 3.63) is 34.4 Å². The van der Waals surface area contributed by atoms with E-state index in [0.717, 1.165) is 37.4 Å². The molecule has 2 aromatic rings. The van der Waals surface area contributed by atoms with E-state index in [1.54, 1.807) is 17.0 Å². The first-order valence-electron chi connectivity index (χ1n) is 7.93. The maximum Gasteiger partial charge on any atom is 0.216 e. The predicted octanol–water partition coefficient (Wildman–Crippen LogP) is 3.25. The number of benzene rings is 1. The van der Waals surface area contributed by atoms with Crippen LogP contribution in [0.15, 0.2) is 23.3 Å². The van der Waals surface area contributed by atoms with Gasteiger partial charge in [0.25, 0.3) is 0 Å². The first-order chi connectivity index (χ1) is 11.1. The van der Waals surface area contributed by atoms with Crippen LogP contribution in [-0.2, 0) is 0 Å². The fraction of sp³-hybridized carbons (Fsp3) is 0.438. The summed E-state index contributed by atoms with van der Waals surface area (Å²) in [6, 6.07) is 5.63. The summed E-state index contributed by atoms with van der Waals surface area (Å²) >= 11 is 5.22. The van der Waals surface area contributed by atoms with Gasteiger partial charge in [0.2, 0.25) is 4.77 Å². The van der Waals surface area contributed by atoms with Gasteiger partial charge in [0.1, 0.15) is 5.75 Å². The highest BCUT2D eigenvalue weighted by molar-refractivity contribution is 7.71. The molecule has 1 heterocycles. The Morgan fingerprint density at radius 3 is 2.78 bits per heavy atom. The van der Waals surface area contributed by atoms with E-state index < -0.39 is 0 Å². The van der Waals surface area contributed by atoms with Crippen LogP contribution in [0.3, 0.4) is 0 Å². The zero-order valence-electron chi connectivity index (χ0n) is 13.4. The lowest BCUT2D eigenvalue weighted by atomic mass is 10.2. The summed E-state index contributed by atoms with van der Waals surface area (Å²) in [6.07, 6.45) is 3.87. The van der Waals surface area contributed by atoms with Gasteiger partial charge in [-0.05, 0) is 51.0 Å². The number of hydrogen-bond acceptors (Lipinski definition) is 5. The molecule has 0 amide bonds. The Morgan fingerprint density at radius 2 is 2.17 bits per heavy atom. The van der Waals surface area contributed by atoms with Crippen LogP contribution < -0.4 is 4.90 Å². The van der Waals surface area contributed by atoms with Crippen molar-refractivity contribution in [2.75, 3.05) is 18.0 Å². The zero-order valence-corrected chi connectivity index (χ0v) is 14.2. The Kier molecular flexibility index (Phi) is 4.47. The monoisotopic (exact) mass is 331 g/mol. The van der Waals surface area contributed by atoms with Crippen LogP contribution in [0.5, 0.6) is 5.75 Å². The Morgan fingerprint density at radius 1 is 1.43 bits per heavy atom. The number of aromatic amines is 1. The number of hydrogen-bond donors (Lipinski definition) is 2. The van der Waals surface area contributed by atoms with Gasteiger partial charge in [0.05, 0.1) is 6.21 Å². The van der Waals surface area contributed by atoms with Crippen LogP contribution in [0.4, 0.5) is 5.69 Å². The lowest BCUT2D eigenvalue weighted by Crippen LogP contribution is -2.21. The molecule has 1 aliphatic carbocycles. The maximum absolute atomic E-state index is 10.2. The summed E-state index contributed by atoms with van der Waals surface area (Å²) in [5.74, 6) is 1.52. The molecular weight excluding hydrogens is 310 g/mol. The molecule has 0 radical (unpaired) electrons. The zero-order chi connectivity index (χ0) is 16.4. The van der Waals surface area contributed by atoms with Gasteiger partial charge in [-0.25, -0.2) is 0 Å². The number of nitrogens with zero attached hydrogens (tertiary/aromatic N) is 4. The summed E-state index contributed by atoms with van der Waals surface area (Å²) in [4.78, 5) is 2.18. The van der Waals surface area contributed by atoms with E-state index in [1.165, 1.54) is 0 Å². The van der Waals surface area contributed by atoms with Gasteiger partial charge in [-0.2, -0.15) is 14.9 Å².